The summed E-state index contributed by atoms with van der Waals surface area (Å²) in [6.45, 7) is 3.66. The van der Waals surface area contributed by atoms with Gasteiger partial charge < -0.3 is 10.4 Å². The Morgan fingerprint density at radius 3 is 3.04 bits per heavy atom. The summed E-state index contributed by atoms with van der Waals surface area (Å²) in [7, 11) is 0. The van der Waals surface area contributed by atoms with Crippen LogP contribution in [-0.4, -0.2) is 39.7 Å². The average molecular weight is 371 g/mol. The number of aliphatic hydroxyl groups excluding tert-OH is 1. The molecule has 2 fully saturated rings. The molecule has 3 aliphatic rings. The summed E-state index contributed by atoms with van der Waals surface area (Å²) in [6, 6.07) is 6.68. The summed E-state index contributed by atoms with van der Waals surface area (Å²) in [5.41, 5.74) is 2.95. The van der Waals surface area contributed by atoms with Gasteiger partial charge in [-0.25, -0.2) is 9.97 Å². The number of nitrogens with one attached hydrogen (secondary N) is 1. The molecule has 1 aromatic heterocycles. The number of likely N-dealkylation sites (tertiary alicyclic amines) is 1. The number of piperidine rings is 1. The molecule has 3 heterocycles. The molecule has 1 aromatic carbocycles. The van der Waals surface area contributed by atoms with Crippen molar-refractivity contribution in [3.8, 4) is 0 Å². The van der Waals surface area contributed by atoms with Gasteiger partial charge in [0.2, 0.25) is 0 Å². The predicted molar refractivity (Wildman–Crippen MR) is 105 cm³/mol. The van der Waals surface area contributed by atoms with E-state index in [1.165, 1.54) is 29.8 Å². The third kappa shape index (κ3) is 3.10. The highest BCUT2D eigenvalue weighted by atomic mass is 32.2. The number of nitrogens with zero attached hydrogens (tertiary/aromatic N) is 3. The summed E-state index contributed by atoms with van der Waals surface area (Å²) in [5, 5.41) is 13.6. The Labute approximate surface area is 159 Å². The average Bonchev–Trinajstić information content (AvgIpc) is 3.33. The van der Waals surface area contributed by atoms with Crippen molar-refractivity contribution in [1.82, 2.24) is 14.9 Å². The molecule has 5 nitrogen and oxygen atoms in total. The third-order valence-electron chi connectivity index (χ3n) is 5.95. The molecule has 138 valence electrons. The predicted octanol–water partition coefficient (Wildman–Crippen LogP) is 3.92. The molecule has 0 amide bonds. The van der Waals surface area contributed by atoms with E-state index < -0.39 is 0 Å². The van der Waals surface area contributed by atoms with E-state index in [0.717, 1.165) is 42.0 Å². The minimum Gasteiger partial charge on any atom is -0.396 e. The van der Waals surface area contributed by atoms with Crippen molar-refractivity contribution < 1.29 is 5.11 Å². The van der Waals surface area contributed by atoms with E-state index in [9.17, 15) is 5.11 Å². The molecule has 1 saturated heterocycles. The molecule has 2 N–H and O–H groups in total. The SMILES string of the molecule is C.OCCC12CCN(Cc3ccc4c(c3)Nc3nccnc3S4)CC1C2. The van der Waals surface area contributed by atoms with Crippen molar-refractivity contribution in [2.24, 2.45) is 11.3 Å². The van der Waals surface area contributed by atoms with Crippen LogP contribution in [0.15, 0.2) is 40.5 Å². The van der Waals surface area contributed by atoms with Crippen LogP contribution in [0.2, 0.25) is 0 Å². The van der Waals surface area contributed by atoms with Crippen LogP contribution in [0, 0.1) is 11.3 Å². The first kappa shape index (κ1) is 17.8. The molecule has 2 aliphatic heterocycles. The Morgan fingerprint density at radius 1 is 1.31 bits per heavy atom. The number of benzene rings is 1. The number of hydrogen-bond donors (Lipinski definition) is 2. The van der Waals surface area contributed by atoms with Gasteiger partial charge in [-0.3, -0.25) is 4.90 Å². The first-order valence-corrected chi connectivity index (χ1v) is 9.79. The standard InChI is InChI=1S/C19H22N4OS.CH4/c24-8-4-19-3-7-23(12-14(19)10-19)11-13-1-2-16-15(9-13)22-17-18(25-16)21-6-5-20-17;/h1-2,5-6,9,14,24H,3-4,7-8,10-12H2,(H,20,22);1H4. The van der Waals surface area contributed by atoms with Crippen molar-refractivity contribution in [2.75, 3.05) is 25.0 Å². The lowest BCUT2D eigenvalue weighted by Gasteiger charge is -2.31. The number of aromatic nitrogens is 2. The van der Waals surface area contributed by atoms with Crippen molar-refractivity contribution in [2.45, 2.75) is 43.2 Å². The van der Waals surface area contributed by atoms with Crippen LogP contribution >= 0.6 is 11.8 Å². The van der Waals surface area contributed by atoms with Gasteiger partial charge in [-0.15, -0.1) is 0 Å². The highest BCUT2D eigenvalue weighted by molar-refractivity contribution is 7.99. The number of hydrogen-bond acceptors (Lipinski definition) is 6. The first-order valence-electron chi connectivity index (χ1n) is 8.98. The maximum absolute atomic E-state index is 9.26. The molecule has 2 atom stereocenters. The molecule has 5 rings (SSSR count). The second-order valence-electron chi connectivity index (χ2n) is 7.49. The number of aliphatic hydroxyl groups is 1. The normalized spacial score (nSPS) is 26.0. The van der Waals surface area contributed by atoms with E-state index in [1.54, 1.807) is 24.2 Å². The van der Waals surface area contributed by atoms with Gasteiger partial charge in [0.15, 0.2) is 5.82 Å². The zero-order chi connectivity index (χ0) is 16.9. The summed E-state index contributed by atoms with van der Waals surface area (Å²) in [5.74, 6) is 1.64. The number of rotatable bonds is 4. The van der Waals surface area contributed by atoms with Crippen molar-refractivity contribution in [1.29, 1.82) is 0 Å². The maximum atomic E-state index is 9.26. The molecule has 2 unspecified atom stereocenters. The van der Waals surface area contributed by atoms with Gasteiger partial charge in [0, 0.05) is 37.0 Å². The zero-order valence-electron chi connectivity index (χ0n) is 14.1. The van der Waals surface area contributed by atoms with Gasteiger partial charge in [0.25, 0.3) is 0 Å². The van der Waals surface area contributed by atoms with Gasteiger partial charge in [-0.1, -0.05) is 25.3 Å². The topological polar surface area (TPSA) is 61.3 Å². The van der Waals surface area contributed by atoms with E-state index in [-0.39, 0.29) is 7.43 Å². The Kier molecular flexibility index (Phi) is 4.67. The van der Waals surface area contributed by atoms with Gasteiger partial charge >= 0.3 is 0 Å². The molecule has 0 spiro atoms. The van der Waals surface area contributed by atoms with Crippen LogP contribution in [0.1, 0.15) is 32.3 Å². The molecule has 0 bridgehead atoms. The van der Waals surface area contributed by atoms with Gasteiger partial charge in [0.05, 0.1) is 5.69 Å². The van der Waals surface area contributed by atoms with Crippen LogP contribution < -0.4 is 5.32 Å². The lowest BCUT2D eigenvalue weighted by atomic mass is 9.92. The van der Waals surface area contributed by atoms with Crippen LogP contribution in [-0.2, 0) is 6.54 Å². The van der Waals surface area contributed by atoms with Gasteiger partial charge in [-0.2, -0.15) is 0 Å². The zero-order valence-corrected chi connectivity index (χ0v) is 14.9. The fraction of sp³-hybridized carbons (Fsp3) is 0.500. The second-order valence-corrected chi connectivity index (χ2v) is 8.52. The van der Waals surface area contributed by atoms with Crippen molar-refractivity contribution in [3.05, 3.63) is 36.2 Å². The van der Waals surface area contributed by atoms with Crippen molar-refractivity contribution in [3.63, 3.8) is 0 Å². The minimum absolute atomic E-state index is 0. The van der Waals surface area contributed by atoms with Crippen LogP contribution in [0.3, 0.4) is 0 Å². The molecule has 26 heavy (non-hydrogen) atoms. The van der Waals surface area contributed by atoms with Gasteiger partial charge in [0.1, 0.15) is 5.03 Å². The van der Waals surface area contributed by atoms with Crippen molar-refractivity contribution >= 4 is 23.3 Å². The smallest absolute Gasteiger partial charge is 0.163 e. The molecular weight excluding hydrogens is 344 g/mol. The van der Waals surface area contributed by atoms with E-state index in [2.05, 4.69) is 38.4 Å². The highest BCUT2D eigenvalue weighted by Crippen LogP contribution is 2.60. The number of fused-ring (bicyclic) bond motifs is 3. The van der Waals surface area contributed by atoms with E-state index in [4.69, 9.17) is 0 Å². The molecule has 6 heteroatoms. The minimum atomic E-state index is 0. The first-order chi connectivity index (χ1) is 12.3. The summed E-state index contributed by atoms with van der Waals surface area (Å²) in [4.78, 5) is 12.5. The fourth-order valence-corrected chi connectivity index (χ4v) is 5.29. The lowest BCUT2D eigenvalue weighted by molar-refractivity contribution is 0.145. The molecule has 1 aliphatic carbocycles. The quantitative estimate of drug-likeness (QED) is 0.726. The Balaban J connectivity index is 0.00000168. The summed E-state index contributed by atoms with van der Waals surface area (Å²) < 4.78 is 0. The monoisotopic (exact) mass is 370 g/mol. The largest absolute Gasteiger partial charge is 0.396 e. The summed E-state index contributed by atoms with van der Waals surface area (Å²) >= 11 is 1.68. The number of anilines is 2. The lowest BCUT2D eigenvalue weighted by Crippen LogP contribution is -2.34. The Hall–Kier alpha value is -1.63. The molecule has 1 saturated carbocycles. The molecule has 2 aromatic rings. The van der Waals surface area contributed by atoms with Crippen LogP contribution in [0.5, 0.6) is 0 Å². The van der Waals surface area contributed by atoms with Gasteiger partial charge in [-0.05, 0) is 54.8 Å². The second kappa shape index (κ2) is 6.83. The van der Waals surface area contributed by atoms with E-state index >= 15 is 0 Å². The van der Waals surface area contributed by atoms with E-state index in [0.29, 0.717) is 12.0 Å². The fourth-order valence-electron chi connectivity index (χ4n) is 4.42. The summed E-state index contributed by atoms with van der Waals surface area (Å²) in [6.07, 6.45) is 7.00. The van der Waals surface area contributed by atoms with E-state index in [1.807, 2.05) is 0 Å². The highest BCUT2D eigenvalue weighted by Gasteiger charge is 2.55. The van der Waals surface area contributed by atoms with Crippen LogP contribution in [0.25, 0.3) is 0 Å². The molecule has 0 radical (unpaired) electrons. The van der Waals surface area contributed by atoms with Crippen LogP contribution in [0.4, 0.5) is 11.5 Å². The molecular formula is C20H26N4OS. The third-order valence-corrected chi connectivity index (χ3v) is 7.02. The Bertz CT molecular complexity index is 814. The maximum Gasteiger partial charge on any atom is 0.163 e. The Morgan fingerprint density at radius 2 is 2.19 bits per heavy atom.